The maximum atomic E-state index is 12.9. The van der Waals surface area contributed by atoms with Crippen molar-refractivity contribution >= 4 is 32.7 Å². The van der Waals surface area contributed by atoms with Crippen LogP contribution in [0.3, 0.4) is 0 Å². The molecule has 1 aliphatic rings. The van der Waals surface area contributed by atoms with Crippen LogP contribution in [0, 0.1) is 0 Å². The second-order valence-electron chi connectivity index (χ2n) is 9.23. The number of carbonyl (C=O) groups is 1. The number of aromatic nitrogens is 3. The molecule has 4 aromatic rings. The second kappa shape index (κ2) is 11.8. The Hall–Kier alpha value is -3.65. The van der Waals surface area contributed by atoms with Crippen LogP contribution in [-0.4, -0.2) is 70.0 Å². The van der Waals surface area contributed by atoms with Crippen LogP contribution in [0.1, 0.15) is 24.3 Å². The standard InChI is InChI=1S/C27H27F3N6O3S/c1-2-31-25(38)35-26-34-22-13-18(17-3-4-20(33-14-17)24(37)27(28,29)30)12-19(23(22)40-26)21-11-16(5-6-32-21)15-36-7-9-39-10-8-36/h3-6,11-14,24,37H,2,7-10,15H2,1H3,(H2,31,34,35,38). The van der Waals surface area contributed by atoms with Gasteiger partial charge in [-0.1, -0.05) is 17.4 Å². The first-order valence-corrected chi connectivity index (χ1v) is 13.5. The van der Waals surface area contributed by atoms with E-state index in [2.05, 4.69) is 30.5 Å². The van der Waals surface area contributed by atoms with Gasteiger partial charge in [0.15, 0.2) is 11.2 Å². The topological polar surface area (TPSA) is 112 Å². The highest BCUT2D eigenvalue weighted by Crippen LogP contribution is 2.39. The predicted molar refractivity (Wildman–Crippen MR) is 146 cm³/mol. The number of aliphatic hydroxyl groups is 1. The number of fused-ring (bicyclic) bond motifs is 1. The van der Waals surface area contributed by atoms with E-state index in [1.54, 1.807) is 12.3 Å². The molecule has 0 spiro atoms. The van der Waals surface area contributed by atoms with E-state index in [9.17, 15) is 23.1 Å². The molecule has 1 atom stereocenters. The van der Waals surface area contributed by atoms with Crippen LogP contribution in [0.25, 0.3) is 32.6 Å². The zero-order chi connectivity index (χ0) is 28.3. The molecule has 0 bridgehead atoms. The quantitative estimate of drug-likeness (QED) is 0.286. The lowest BCUT2D eigenvalue weighted by Gasteiger charge is -2.26. The maximum Gasteiger partial charge on any atom is 0.420 e. The molecule has 1 aliphatic heterocycles. The second-order valence-corrected chi connectivity index (χ2v) is 10.2. The molecule has 5 rings (SSSR count). The lowest BCUT2D eigenvalue weighted by Crippen LogP contribution is -2.35. The van der Waals surface area contributed by atoms with E-state index in [-0.39, 0.29) is 6.03 Å². The van der Waals surface area contributed by atoms with Gasteiger partial charge in [0.1, 0.15) is 0 Å². The van der Waals surface area contributed by atoms with Crippen LogP contribution in [0.4, 0.5) is 23.1 Å². The lowest BCUT2D eigenvalue weighted by molar-refractivity contribution is -0.207. The first-order chi connectivity index (χ1) is 19.2. The number of carbonyl (C=O) groups excluding carboxylic acids is 1. The van der Waals surface area contributed by atoms with Gasteiger partial charge in [-0.05, 0) is 48.4 Å². The molecule has 13 heteroatoms. The van der Waals surface area contributed by atoms with Gasteiger partial charge in [0, 0.05) is 49.7 Å². The Morgan fingerprint density at radius 3 is 2.65 bits per heavy atom. The minimum Gasteiger partial charge on any atom is -0.379 e. The Morgan fingerprint density at radius 2 is 1.95 bits per heavy atom. The zero-order valence-corrected chi connectivity index (χ0v) is 22.3. The van der Waals surface area contributed by atoms with Crippen molar-refractivity contribution in [3.05, 3.63) is 60.0 Å². The fourth-order valence-corrected chi connectivity index (χ4v) is 5.35. The number of pyridine rings is 2. The Labute approximate surface area is 232 Å². The van der Waals surface area contributed by atoms with E-state index in [1.165, 1.54) is 23.6 Å². The molecule has 1 aromatic carbocycles. The molecule has 3 aromatic heterocycles. The number of nitrogens with one attached hydrogen (secondary N) is 2. The first kappa shape index (κ1) is 27.9. The van der Waals surface area contributed by atoms with E-state index in [0.717, 1.165) is 41.5 Å². The molecule has 2 amide bonds. The zero-order valence-electron chi connectivity index (χ0n) is 21.5. The molecule has 0 aliphatic carbocycles. The lowest BCUT2D eigenvalue weighted by atomic mass is 10.0. The molecule has 1 saturated heterocycles. The highest BCUT2D eigenvalue weighted by Gasteiger charge is 2.40. The van der Waals surface area contributed by atoms with Crippen LogP contribution in [0.15, 0.2) is 48.8 Å². The number of urea groups is 1. The van der Waals surface area contributed by atoms with Crippen LogP contribution in [-0.2, 0) is 11.3 Å². The van der Waals surface area contributed by atoms with Crippen molar-refractivity contribution in [1.29, 1.82) is 0 Å². The number of benzene rings is 1. The van der Waals surface area contributed by atoms with Crippen molar-refractivity contribution in [3.8, 4) is 22.4 Å². The SMILES string of the molecule is CCNC(=O)Nc1nc2cc(-c3ccc(C(O)C(F)(F)F)nc3)cc(-c3cc(CN4CCOCC4)ccn3)c2s1. The van der Waals surface area contributed by atoms with Crippen molar-refractivity contribution in [2.24, 2.45) is 0 Å². The summed E-state index contributed by atoms with van der Waals surface area (Å²) in [7, 11) is 0. The third-order valence-corrected chi connectivity index (χ3v) is 7.39. The Kier molecular flexibility index (Phi) is 8.26. The molecule has 0 saturated carbocycles. The van der Waals surface area contributed by atoms with Crippen LogP contribution < -0.4 is 10.6 Å². The molecule has 1 fully saturated rings. The highest BCUT2D eigenvalue weighted by atomic mass is 32.1. The molecule has 40 heavy (non-hydrogen) atoms. The molecule has 3 N–H and O–H groups in total. The average molecular weight is 573 g/mol. The number of hydrogen-bond acceptors (Lipinski definition) is 8. The number of morpholine rings is 1. The number of anilines is 1. The number of halogens is 3. The summed E-state index contributed by atoms with van der Waals surface area (Å²) in [5.74, 6) is 0. The van der Waals surface area contributed by atoms with Gasteiger partial charge in [0.2, 0.25) is 0 Å². The summed E-state index contributed by atoms with van der Waals surface area (Å²) in [6.07, 6.45) is -4.45. The fourth-order valence-electron chi connectivity index (χ4n) is 4.39. The van der Waals surface area contributed by atoms with Gasteiger partial charge < -0.3 is 15.2 Å². The van der Waals surface area contributed by atoms with E-state index >= 15 is 0 Å². The molecular weight excluding hydrogens is 545 g/mol. The molecular formula is C27H27F3N6O3S. The number of alkyl halides is 3. The number of amides is 2. The number of nitrogens with zero attached hydrogens (tertiary/aromatic N) is 4. The summed E-state index contributed by atoms with van der Waals surface area (Å²) in [4.78, 5) is 27.5. The molecule has 1 unspecified atom stereocenters. The van der Waals surface area contributed by atoms with Crippen molar-refractivity contribution in [2.45, 2.75) is 25.7 Å². The Morgan fingerprint density at radius 1 is 1.15 bits per heavy atom. The van der Waals surface area contributed by atoms with Crippen molar-refractivity contribution in [2.75, 3.05) is 38.2 Å². The highest BCUT2D eigenvalue weighted by molar-refractivity contribution is 7.22. The van der Waals surface area contributed by atoms with Gasteiger partial charge in [0.05, 0.1) is 34.8 Å². The maximum absolute atomic E-state index is 12.9. The number of hydrogen-bond donors (Lipinski definition) is 3. The minimum absolute atomic E-state index is 0.378. The van der Waals surface area contributed by atoms with Gasteiger partial charge in [-0.3, -0.25) is 20.2 Å². The smallest absolute Gasteiger partial charge is 0.379 e. The van der Waals surface area contributed by atoms with Crippen molar-refractivity contribution in [3.63, 3.8) is 0 Å². The van der Waals surface area contributed by atoms with E-state index in [4.69, 9.17) is 4.74 Å². The fraction of sp³-hybridized carbons (Fsp3) is 0.333. The summed E-state index contributed by atoms with van der Waals surface area (Å²) in [6, 6.07) is 9.89. The van der Waals surface area contributed by atoms with Gasteiger partial charge in [-0.25, -0.2) is 9.78 Å². The number of aliphatic hydroxyl groups excluding tert-OH is 1. The van der Waals surface area contributed by atoms with Crippen LogP contribution in [0.5, 0.6) is 0 Å². The third kappa shape index (κ3) is 6.39. The summed E-state index contributed by atoms with van der Waals surface area (Å²) in [5.41, 5.74) is 3.82. The van der Waals surface area contributed by atoms with E-state index in [1.807, 2.05) is 25.1 Å². The number of rotatable bonds is 7. The molecule has 4 heterocycles. The van der Waals surface area contributed by atoms with Crippen molar-refractivity contribution in [1.82, 2.24) is 25.2 Å². The van der Waals surface area contributed by atoms with Crippen molar-refractivity contribution < 1.29 is 27.8 Å². The summed E-state index contributed by atoms with van der Waals surface area (Å²) in [5, 5.41) is 15.4. The molecule has 210 valence electrons. The van der Waals surface area contributed by atoms with E-state index in [0.29, 0.717) is 47.2 Å². The van der Waals surface area contributed by atoms with Gasteiger partial charge in [-0.2, -0.15) is 13.2 Å². The largest absolute Gasteiger partial charge is 0.420 e. The first-order valence-electron chi connectivity index (χ1n) is 12.7. The Bertz CT molecular complexity index is 1490. The van der Waals surface area contributed by atoms with E-state index < -0.39 is 18.0 Å². The number of ether oxygens (including phenoxy) is 1. The third-order valence-electron chi connectivity index (χ3n) is 6.37. The normalized spacial score (nSPS) is 15.2. The predicted octanol–water partition coefficient (Wildman–Crippen LogP) is 4.99. The molecule has 9 nitrogen and oxygen atoms in total. The van der Waals surface area contributed by atoms with Crippen LogP contribution in [0.2, 0.25) is 0 Å². The van der Waals surface area contributed by atoms with Gasteiger partial charge in [0.25, 0.3) is 0 Å². The van der Waals surface area contributed by atoms with Crippen LogP contribution >= 0.6 is 11.3 Å². The monoisotopic (exact) mass is 572 g/mol. The average Bonchev–Trinajstić information content (AvgIpc) is 3.34. The van der Waals surface area contributed by atoms with Gasteiger partial charge >= 0.3 is 12.2 Å². The summed E-state index contributed by atoms with van der Waals surface area (Å²) in [6.45, 7) is 6.07. The summed E-state index contributed by atoms with van der Waals surface area (Å²) >= 11 is 1.30. The van der Waals surface area contributed by atoms with Gasteiger partial charge in [-0.15, -0.1) is 0 Å². The number of thiazole rings is 1. The minimum atomic E-state index is -4.81. The molecule has 0 radical (unpaired) electrons. The Balaban J connectivity index is 1.54. The summed E-state index contributed by atoms with van der Waals surface area (Å²) < 4.78 is 45.1.